The molecule has 2 nitrogen and oxygen atoms in total. The second-order valence-electron chi connectivity index (χ2n) is 14.1. The highest BCUT2D eigenvalue weighted by Gasteiger charge is 2.21. The van der Waals surface area contributed by atoms with Crippen LogP contribution in [0.5, 0.6) is 0 Å². The number of aromatic nitrogens is 1. The number of benzene rings is 7. The Morgan fingerprint density at radius 1 is 0.426 bits per heavy atom. The fraction of sp³-hybridized carbons (Fsp3) is 0.0385. The van der Waals surface area contributed by atoms with Crippen molar-refractivity contribution in [3.63, 3.8) is 0 Å². The van der Waals surface area contributed by atoms with Gasteiger partial charge in [0.1, 0.15) is 0 Å². The quantitative estimate of drug-likeness (QED) is 0.162. The van der Waals surface area contributed by atoms with Crippen molar-refractivity contribution in [2.24, 2.45) is 11.8 Å². The standard InChI is InChI=1S/C52H38N2/c1-3-13-37(14-4-1)43-27-34-52(49(36-43)40-16-5-2-6-17-40)53(44-28-25-39(26-29-44)42-24-23-38-15-7-8-18-41(38)35-42)45-30-32-46(33-31-45)54-50-21-11-9-19-47(50)48-20-10-12-22-51(48)54/h1-36,38,41H. The first kappa shape index (κ1) is 31.8. The van der Waals surface area contributed by atoms with Crippen molar-refractivity contribution in [1.82, 2.24) is 4.57 Å². The summed E-state index contributed by atoms with van der Waals surface area (Å²) in [6.07, 6.45) is 15.9. The molecule has 2 aliphatic carbocycles. The molecule has 1 aromatic heterocycles. The normalized spacial score (nSPS) is 16.0. The van der Waals surface area contributed by atoms with Gasteiger partial charge in [-0.2, -0.15) is 0 Å². The third-order valence-corrected chi connectivity index (χ3v) is 10.9. The molecule has 54 heavy (non-hydrogen) atoms. The summed E-state index contributed by atoms with van der Waals surface area (Å²) in [4.78, 5) is 2.41. The minimum Gasteiger partial charge on any atom is -0.310 e. The highest BCUT2D eigenvalue weighted by atomic mass is 15.1. The molecule has 2 aliphatic rings. The number of hydrogen-bond acceptors (Lipinski definition) is 1. The van der Waals surface area contributed by atoms with Crippen LogP contribution in [0.4, 0.5) is 17.1 Å². The van der Waals surface area contributed by atoms with Gasteiger partial charge in [0.05, 0.1) is 16.7 Å². The van der Waals surface area contributed by atoms with Crippen molar-refractivity contribution in [2.45, 2.75) is 0 Å². The number of hydrogen-bond donors (Lipinski definition) is 0. The van der Waals surface area contributed by atoms with Gasteiger partial charge in [0.2, 0.25) is 0 Å². The Morgan fingerprint density at radius 3 is 1.65 bits per heavy atom. The zero-order valence-electron chi connectivity index (χ0n) is 29.8. The molecule has 0 N–H and O–H groups in total. The van der Waals surface area contributed by atoms with Crippen LogP contribution in [0, 0.1) is 11.8 Å². The molecule has 0 radical (unpaired) electrons. The van der Waals surface area contributed by atoms with Gasteiger partial charge in [-0.15, -0.1) is 0 Å². The zero-order chi connectivity index (χ0) is 35.8. The first-order valence-corrected chi connectivity index (χ1v) is 18.8. The molecule has 0 aliphatic heterocycles. The van der Waals surface area contributed by atoms with E-state index in [-0.39, 0.29) is 0 Å². The second-order valence-corrected chi connectivity index (χ2v) is 14.1. The Morgan fingerprint density at radius 2 is 0.981 bits per heavy atom. The molecule has 0 saturated heterocycles. The molecule has 7 aromatic carbocycles. The highest BCUT2D eigenvalue weighted by molar-refractivity contribution is 6.09. The molecule has 256 valence electrons. The fourth-order valence-corrected chi connectivity index (χ4v) is 8.24. The number of anilines is 3. The van der Waals surface area contributed by atoms with Crippen LogP contribution >= 0.6 is 0 Å². The van der Waals surface area contributed by atoms with Crippen molar-refractivity contribution in [1.29, 1.82) is 0 Å². The van der Waals surface area contributed by atoms with Gasteiger partial charge in [0.15, 0.2) is 0 Å². The Hall–Kier alpha value is -6.90. The number of para-hydroxylation sites is 2. The van der Waals surface area contributed by atoms with Crippen LogP contribution < -0.4 is 4.90 Å². The van der Waals surface area contributed by atoms with Crippen molar-refractivity contribution in [3.8, 4) is 27.9 Å². The van der Waals surface area contributed by atoms with Gasteiger partial charge in [-0.3, -0.25) is 0 Å². The van der Waals surface area contributed by atoms with Crippen LogP contribution in [-0.4, -0.2) is 4.57 Å². The van der Waals surface area contributed by atoms with Gasteiger partial charge in [-0.05, 0) is 88.5 Å². The molecular weight excluding hydrogens is 653 g/mol. The molecule has 2 atom stereocenters. The van der Waals surface area contributed by atoms with Crippen LogP contribution in [0.25, 0.3) is 55.3 Å². The SMILES string of the molecule is C1=CC2C=CC(c3ccc(N(c4ccc(-n5c6ccccc6c6ccccc65)cc4)c4ccc(-c5ccccc5)cc4-c4ccccc4)cc3)=CC2C=C1. The molecule has 0 saturated carbocycles. The monoisotopic (exact) mass is 690 g/mol. The lowest BCUT2D eigenvalue weighted by atomic mass is 9.81. The van der Waals surface area contributed by atoms with Gasteiger partial charge < -0.3 is 9.47 Å². The summed E-state index contributed by atoms with van der Waals surface area (Å²) in [5.41, 5.74) is 14.1. The van der Waals surface area contributed by atoms with Crippen molar-refractivity contribution >= 4 is 44.4 Å². The minimum atomic E-state index is 0.399. The van der Waals surface area contributed by atoms with E-state index in [9.17, 15) is 0 Å². The molecular formula is C52H38N2. The summed E-state index contributed by atoms with van der Waals surface area (Å²) in [5.74, 6) is 0.838. The van der Waals surface area contributed by atoms with Crippen LogP contribution in [0.1, 0.15) is 5.56 Å². The van der Waals surface area contributed by atoms with Gasteiger partial charge in [-0.25, -0.2) is 0 Å². The van der Waals surface area contributed by atoms with Crippen LogP contribution in [-0.2, 0) is 0 Å². The van der Waals surface area contributed by atoms with Crippen molar-refractivity contribution in [2.75, 3.05) is 4.90 Å². The Labute approximate surface area is 316 Å². The second kappa shape index (κ2) is 13.6. The maximum atomic E-state index is 2.41. The highest BCUT2D eigenvalue weighted by Crippen LogP contribution is 2.44. The van der Waals surface area contributed by atoms with E-state index in [1.807, 2.05) is 0 Å². The lowest BCUT2D eigenvalue weighted by molar-refractivity contribution is 0.663. The van der Waals surface area contributed by atoms with E-state index >= 15 is 0 Å². The number of fused-ring (bicyclic) bond motifs is 4. The lowest BCUT2D eigenvalue weighted by Crippen LogP contribution is -2.12. The van der Waals surface area contributed by atoms with E-state index < -0.39 is 0 Å². The van der Waals surface area contributed by atoms with Gasteiger partial charge in [0.25, 0.3) is 0 Å². The van der Waals surface area contributed by atoms with E-state index in [0.29, 0.717) is 11.8 Å². The first-order chi connectivity index (χ1) is 26.8. The largest absolute Gasteiger partial charge is 0.310 e. The fourth-order valence-electron chi connectivity index (χ4n) is 8.24. The van der Waals surface area contributed by atoms with E-state index in [4.69, 9.17) is 0 Å². The molecule has 0 amide bonds. The summed E-state index contributed by atoms with van der Waals surface area (Å²) >= 11 is 0. The lowest BCUT2D eigenvalue weighted by Gasteiger charge is -2.29. The third-order valence-electron chi connectivity index (χ3n) is 10.9. The summed E-state index contributed by atoms with van der Waals surface area (Å²) in [5, 5.41) is 2.53. The maximum absolute atomic E-state index is 2.41. The van der Waals surface area contributed by atoms with E-state index in [0.717, 1.165) is 22.7 Å². The smallest absolute Gasteiger partial charge is 0.0541 e. The maximum Gasteiger partial charge on any atom is 0.0541 e. The van der Waals surface area contributed by atoms with E-state index in [1.165, 1.54) is 55.2 Å². The summed E-state index contributed by atoms with van der Waals surface area (Å²) in [6.45, 7) is 0. The molecule has 0 spiro atoms. The molecule has 0 bridgehead atoms. The average Bonchev–Trinajstić information content (AvgIpc) is 3.59. The molecule has 2 unspecified atom stereocenters. The minimum absolute atomic E-state index is 0.399. The average molecular weight is 691 g/mol. The summed E-state index contributed by atoms with van der Waals surface area (Å²) in [6, 6.07) is 63.8. The number of rotatable bonds is 7. The Balaban J connectivity index is 1.12. The molecule has 0 fully saturated rings. The molecule has 8 aromatic rings. The Kier molecular flexibility index (Phi) is 8.00. The predicted octanol–water partition coefficient (Wildman–Crippen LogP) is 13.9. The topological polar surface area (TPSA) is 8.17 Å². The Bertz CT molecular complexity index is 2690. The van der Waals surface area contributed by atoms with Gasteiger partial charge in [0, 0.05) is 45.2 Å². The third kappa shape index (κ3) is 5.70. The van der Waals surface area contributed by atoms with Crippen LogP contribution in [0.3, 0.4) is 0 Å². The van der Waals surface area contributed by atoms with Gasteiger partial charge >= 0.3 is 0 Å². The van der Waals surface area contributed by atoms with E-state index in [2.05, 4.69) is 228 Å². The summed E-state index contributed by atoms with van der Waals surface area (Å²) in [7, 11) is 0. The molecule has 1 heterocycles. The zero-order valence-corrected chi connectivity index (χ0v) is 29.8. The van der Waals surface area contributed by atoms with Crippen LogP contribution in [0.15, 0.2) is 218 Å². The summed E-state index contributed by atoms with van der Waals surface area (Å²) < 4.78 is 2.38. The van der Waals surface area contributed by atoms with Gasteiger partial charge in [-0.1, -0.05) is 158 Å². The van der Waals surface area contributed by atoms with Crippen LogP contribution in [0.2, 0.25) is 0 Å². The molecule has 10 rings (SSSR count). The molecule has 2 heteroatoms. The van der Waals surface area contributed by atoms with E-state index in [1.54, 1.807) is 0 Å². The number of nitrogens with zero attached hydrogens (tertiary/aromatic N) is 2. The first-order valence-electron chi connectivity index (χ1n) is 18.8. The number of allylic oxidation sites excluding steroid dienone is 8. The van der Waals surface area contributed by atoms with Crippen molar-refractivity contribution in [3.05, 3.63) is 224 Å². The van der Waals surface area contributed by atoms with Crippen molar-refractivity contribution < 1.29 is 0 Å². The predicted molar refractivity (Wildman–Crippen MR) is 229 cm³/mol.